The molecule has 0 spiro atoms. The molecule has 100 valence electrons. The van der Waals surface area contributed by atoms with Gasteiger partial charge in [0, 0.05) is 6.42 Å². The van der Waals surface area contributed by atoms with Crippen molar-refractivity contribution in [3.05, 3.63) is 0 Å². The normalized spacial score (nSPS) is 13.2. The van der Waals surface area contributed by atoms with E-state index in [1.807, 2.05) is 28.1 Å². The number of nitrogens with zero attached hydrogens (tertiary/aromatic N) is 1. The van der Waals surface area contributed by atoms with Crippen molar-refractivity contribution in [2.75, 3.05) is 27.7 Å². The van der Waals surface area contributed by atoms with Crippen LogP contribution in [0.25, 0.3) is 0 Å². The van der Waals surface area contributed by atoms with Gasteiger partial charge in [-0.05, 0) is 18.0 Å². The quantitative estimate of drug-likeness (QED) is 0.382. The largest absolute Gasteiger partial charge is 0.456 e. The lowest BCUT2D eigenvalue weighted by Crippen LogP contribution is -2.43. The molecule has 0 aromatic carbocycles. The minimum atomic E-state index is -0.466. The lowest BCUT2D eigenvalue weighted by Gasteiger charge is -2.28. The summed E-state index contributed by atoms with van der Waals surface area (Å²) in [6.45, 7) is 2.59. The van der Waals surface area contributed by atoms with E-state index in [1.165, 1.54) is 0 Å². The van der Waals surface area contributed by atoms with Gasteiger partial charge in [-0.2, -0.15) is 0 Å². The first-order valence-corrected chi connectivity index (χ1v) is 6.30. The molecule has 0 aromatic rings. The lowest BCUT2D eigenvalue weighted by molar-refractivity contribution is -0.873. The van der Waals surface area contributed by atoms with Crippen molar-refractivity contribution in [3.8, 4) is 0 Å². The van der Waals surface area contributed by atoms with Gasteiger partial charge in [0.05, 0.1) is 27.6 Å². The van der Waals surface area contributed by atoms with Crippen LogP contribution in [-0.2, 0) is 14.3 Å². The highest BCUT2D eigenvalue weighted by atomic mass is 35.5. The minimum absolute atomic E-state index is 0.0783. The smallest absolute Gasteiger partial charge is 0.306 e. The number of ether oxygens (including phenoxy) is 1. The van der Waals surface area contributed by atoms with Gasteiger partial charge in [0.2, 0.25) is 5.24 Å². The summed E-state index contributed by atoms with van der Waals surface area (Å²) in [7, 11) is 5.93. The van der Waals surface area contributed by atoms with E-state index in [4.69, 9.17) is 16.3 Å². The van der Waals surface area contributed by atoms with Crippen LogP contribution in [0.5, 0.6) is 0 Å². The third-order valence-electron chi connectivity index (χ3n) is 2.17. The van der Waals surface area contributed by atoms with Crippen LogP contribution in [-0.4, -0.2) is 49.5 Å². The van der Waals surface area contributed by atoms with Gasteiger partial charge < -0.3 is 9.22 Å². The molecule has 0 saturated heterocycles. The van der Waals surface area contributed by atoms with Gasteiger partial charge in [-0.25, -0.2) is 0 Å². The summed E-state index contributed by atoms with van der Waals surface area (Å²) >= 11 is 5.35. The predicted octanol–water partition coefficient (Wildman–Crippen LogP) is 1.95. The summed E-state index contributed by atoms with van der Waals surface area (Å²) in [6, 6.07) is 0. The number of hydrogen-bond acceptors (Lipinski definition) is 3. The highest BCUT2D eigenvalue weighted by Crippen LogP contribution is 2.09. The Morgan fingerprint density at radius 2 is 1.88 bits per heavy atom. The van der Waals surface area contributed by atoms with E-state index in [9.17, 15) is 9.59 Å². The molecule has 1 atom stereocenters. The van der Waals surface area contributed by atoms with E-state index in [1.54, 1.807) is 0 Å². The van der Waals surface area contributed by atoms with E-state index in [-0.39, 0.29) is 12.4 Å². The second-order valence-corrected chi connectivity index (χ2v) is 5.67. The second kappa shape index (κ2) is 7.67. The molecule has 0 amide bonds. The van der Waals surface area contributed by atoms with Crippen molar-refractivity contribution in [2.24, 2.45) is 0 Å². The number of esters is 1. The first-order chi connectivity index (χ1) is 7.74. The number of unbranched alkanes of at least 4 members (excludes halogenated alkanes) is 1. The van der Waals surface area contributed by atoms with Crippen LogP contribution in [0.3, 0.4) is 0 Å². The Balaban J connectivity index is 4.28. The van der Waals surface area contributed by atoms with Crippen LogP contribution in [0.1, 0.15) is 32.6 Å². The number of rotatable bonds is 8. The van der Waals surface area contributed by atoms with Crippen molar-refractivity contribution >= 4 is 22.8 Å². The second-order valence-electron chi connectivity index (χ2n) is 5.25. The Morgan fingerprint density at radius 3 is 2.29 bits per heavy atom. The lowest BCUT2D eigenvalue weighted by atomic mass is 10.2. The number of halogens is 1. The summed E-state index contributed by atoms with van der Waals surface area (Å²) in [5, 5.41) is -0.466. The fourth-order valence-electron chi connectivity index (χ4n) is 1.50. The number of carbonyl (C=O) groups is 2. The summed E-state index contributed by atoms with van der Waals surface area (Å²) in [6.07, 6.45) is 1.81. The third-order valence-corrected chi connectivity index (χ3v) is 2.33. The Morgan fingerprint density at radius 1 is 1.29 bits per heavy atom. The first kappa shape index (κ1) is 16.4. The molecular weight excluding hydrogens is 242 g/mol. The topological polar surface area (TPSA) is 43.4 Å². The zero-order chi connectivity index (χ0) is 13.5. The van der Waals surface area contributed by atoms with Crippen LogP contribution >= 0.6 is 11.6 Å². The zero-order valence-corrected chi connectivity index (χ0v) is 11.9. The van der Waals surface area contributed by atoms with Crippen LogP contribution in [0, 0.1) is 0 Å². The van der Waals surface area contributed by atoms with Crippen LogP contribution < -0.4 is 0 Å². The monoisotopic (exact) mass is 264 g/mol. The van der Waals surface area contributed by atoms with Gasteiger partial charge in [0.1, 0.15) is 6.54 Å². The molecule has 0 aliphatic carbocycles. The molecule has 0 fully saturated rings. The molecule has 0 aromatic heterocycles. The van der Waals surface area contributed by atoms with Crippen molar-refractivity contribution in [1.82, 2.24) is 0 Å². The zero-order valence-electron chi connectivity index (χ0n) is 11.2. The first-order valence-electron chi connectivity index (χ1n) is 5.93. The van der Waals surface area contributed by atoms with Crippen molar-refractivity contribution in [1.29, 1.82) is 0 Å². The Kier molecular flexibility index (Phi) is 7.39. The van der Waals surface area contributed by atoms with Crippen molar-refractivity contribution in [3.63, 3.8) is 0 Å². The average molecular weight is 265 g/mol. The van der Waals surface area contributed by atoms with Gasteiger partial charge in [-0.15, -0.1) is 0 Å². The van der Waals surface area contributed by atoms with E-state index in [2.05, 4.69) is 0 Å². The predicted molar refractivity (Wildman–Crippen MR) is 67.8 cm³/mol. The van der Waals surface area contributed by atoms with Crippen LogP contribution in [0.2, 0.25) is 0 Å². The molecule has 0 aliphatic heterocycles. The summed E-state index contributed by atoms with van der Waals surface area (Å²) < 4.78 is 5.90. The van der Waals surface area contributed by atoms with Gasteiger partial charge in [-0.3, -0.25) is 9.59 Å². The van der Waals surface area contributed by atoms with E-state index < -0.39 is 11.3 Å². The molecule has 0 aliphatic rings. The molecule has 1 unspecified atom stereocenters. The maximum absolute atomic E-state index is 11.5. The fraction of sp³-hybridized carbons (Fsp3) is 0.833. The molecule has 5 heteroatoms. The maximum Gasteiger partial charge on any atom is 0.306 e. The SMILES string of the molecule is CCCCC(=O)OC(CC(=O)Cl)C[N+](C)(C)C. The van der Waals surface area contributed by atoms with E-state index in [0.717, 1.165) is 12.8 Å². The molecule has 0 saturated carbocycles. The van der Waals surface area contributed by atoms with Gasteiger partial charge in [0.15, 0.2) is 6.10 Å². The molecular formula is C12H23ClNO3+. The Labute approximate surface area is 108 Å². The number of carbonyl (C=O) groups excluding carboxylic acids is 2. The van der Waals surface area contributed by atoms with Crippen LogP contribution in [0.4, 0.5) is 0 Å². The number of likely N-dealkylation sites (N-methyl/N-ethyl adjacent to an activating group) is 1. The molecule has 4 nitrogen and oxygen atoms in total. The van der Waals surface area contributed by atoms with Crippen molar-refractivity contribution < 1.29 is 18.8 Å². The van der Waals surface area contributed by atoms with Gasteiger partial charge in [-0.1, -0.05) is 13.3 Å². The number of quaternary nitrogens is 1. The maximum atomic E-state index is 11.5. The summed E-state index contributed by atoms with van der Waals surface area (Å²) in [5.41, 5.74) is 0. The molecule has 0 heterocycles. The number of hydrogen-bond donors (Lipinski definition) is 0. The molecule has 0 N–H and O–H groups in total. The molecule has 0 rings (SSSR count). The summed E-state index contributed by atoms with van der Waals surface area (Å²) in [4.78, 5) is 22.4. The molecule has 0 radical (unpaired) electrons. The average Bonchev–Trinajstić information content (AvgIpc) is 2.10. The van der Waals surface area contributed by atoms with Gasteiger partial charge >= 0.3 is 5.97 Å². The standard InChI is InChI=1S/C12H23ClNO3/c1-5-6-7-12(16)17-10(8-11(13)15)9-14(2,3)4/h10H,5-9H2,1-4H3/q+1. The van der Waals surface area contributed by atoms with Gasteiger partial charge in [0.25, 0.3) is 0 Å². The third kappa shape index (κ3) is 10.3. The highest BCUT2D eigenvalue weighted by Gasteiger charge is 2.23. The Hall–Kier alpha value is -0.610. The van der Waals surface area contributed by atoms with Crippen LogP contribution in [0.15, 0.2) is 0 Å². The highest BCUT2D eigenvalue weighted by molar-refractivity contribution is 6.63. The Bertz CT molecular complexity index is 261. The fourth-order valence-corrected chi connectivity index (χ4v) is 1.67. The minimum Gasteiger partial charge on any atom is -0.456 e. The summed E-state index contributed by atoms with van der Waals surface area (Å²) in [5.74, 6) is -0.247. The molecule has 17 heavy (non-hydrogen) atoms. The van der Waals surface area contributed by atoms with Crippen molar-refractivity contribution in [2.45, 2.75) is 38.7 Å². The van der Waals surface area contributed by atoms with E-state index >= 15 is 0 Å². The molecule has 0 bridgehead atoms. The van der Waals surface area contributed by atoms with E-state index in [0.29, 0.717) is 17.4 Å².